The van der Waals surface area contributed by atoms with Gasteiger partial charge in [0.15, 0.2) is 28.8 Å². The molecule has 5 unspecified atom stereocenters. The van der Waals surface area contributed by atoms with Crippen molar-refractivity contribution in [1.82, 2.24) is 0 Å². The Morgan fingerprint density at radius 1 is 1.05 bits per heavy atom. The van der Waals surface area contributed by atoms with E-state index in [1.165, 1.54) is 47.7 Å². The largest absolute Gasteiger partial charge is 0.466 e. The van der Waals surface area contributed by atoms with E-state index in [0.717, 1.165) is 32.1 Å². The third-order valence-electron chi connectivity index (χ3n) is 9.26. The highest BCUT2D eigenvalue weighted by atomic mass is 127. The van der Waals surface area contributed by atoms with Gasteiger partial charge in [-0.3, -0.25) is 14.4 Å². The summed E-state index contributed by atoms with van der Waals surface area (Å²) in [5, 5.41) is 0. The molecule has 206 valence electrons. The maximum atomic E-state index is 12.0. The van der Waals surface area contributed by atoms with Gasteiger partial charge in [0, 0.05) is 19.2 Å². The highest BCUT2D eigenvalue weighted by Crippen LogP contribution is 2.75. The maximum absolute atomic E-state index is 12.0. The molecule has 3 fully saturated rings. The highest BCUT2D eigenvalue weighted by Gasteiger charge is 2.72. The molecule has 4 aliphatic carbocycles. The first kappa shape index (κ1) is 33.0. The third-order valence-corrected chi connectivity index (χ3v) is 15.7. The second-order valence-electron chi connectivity index (χ2n) is 10.8. The zero-order valence-electron chi connectivity index (χ0n) is 21.8. The fourth-order valence-corrected chi connectivity index (χ4v) is 11.2. The van der Waals surface area contributed by atoms with E-state index in [1.807, 2.05) is 6.08 Å². The van der Waals surface area contributed by atoms with E-state index < -0.39 is 5.97 Å². The van der Waals surface area contributed by atoms with E-state index in [-0.39, 0.29) is 42.4 Å². The zero-order chi connectivity index (χ0) is 28.1. The molecule has 0 saturated heterocycles. The van der Waals surface area contributed by atoms with Crippen LogP contribution < -0.4 is 0 Å². The molecule has 0 bridgehead atoms. The van der Waals surface area contributed by atoms with Gasteiger partial charge in [-0.25, -0.2) is 0 Å². The van der Waals surface area contributed by atoms with Crippen LogP contribution in [0.25, 0.3) is 0 Å². The van der Waals surface area contributed by atoms with E-state index in [9.17, 15) is 19.2 Å². The van der Waals surface area contributed by atoms with Gasteiger partial charge in [-0.2, -0.15) is 0 Å². The van der Waals surface area contributed by atoms with E-state index in [2.05, 4.69) is 79.7 Å². The number of rotatable bonds is 5. The Labute approximate surface area is 262 Å². The number of terminal acetylenes is 1. The van der Waals surface area contributed by atoms with Crippen molar-refractivity contribution < 1.29 is 27.0 Å². The van der Waals surface area contributed by atoms with Crippen LogP contribution in [-0.4, -0.2) is 37.5 Å². The molecule has 6 atom stereocenters. The van der Waals surface area contributed by atoms with Gasteiger partial charge in [0.2, 0.25) is 0 Å². The molecule has 0 radical (unpaired) electrons. The van der Waals surface area contributed by atoms with E-state index >= 15 is 0 Å². The zero-order valence-corrected chi connectivity index (χ0v) is 28.3. The van der Waals surface area contributed by atoms with E-state index in [1.54, 1.807) is 6.92 Å². The normalized spacial score (nSPS) is 37.5. The monoisotopic (exact) mass is 850 g/mol. The molecule has 0 amide bonds. The van der Waals surface area contributed by atoms with Crippen LogP contribution >= 0.6 is 68.2 Å². The van der Waals surface area contributed by atoms with Crippen LogP contribution in [0.3, 0.4) is 0 Å². The summed E-state index contributed by atoms with van der Waals surface area (Å²) >= 11 is 7.06. The second kappa shape index (κ2) is 13.4. The molecular formula is C28H37I3O6. The van der Waals surface area contributed by atoms with Crippen molar-refractivity contribution in [3.8, 4) is 12.8 Å². The number of ketones is 1. The van der Waals surface area contributed by atoms with Crippen molar-refractivity contribution in [3.05, 3.63) is 11.6 Å². The molecule has 9 heteroatoms. The molecule has 0 heterocycles. The molecule has 37 heavy (non-hydrogen) atoms. The summed E-state index contributed by atoms with van der Waals surface area (Å²) in [5.41, 5.74) is 1.74. The standard InChI is InChI=1S/C20H26I2O2.C6H9IO4.C2H2/c1-17-7-5-15(24)11-13(17)3-9-19(21)16(17)6-8-18(2)14(12-23)4-10-20(18,19)22;1-2-10-5(8)3-4-6(9)11-7;1-2/h11-12,14,16H,3-10H2,1-2H3;2-4H2,1H3;1-2H/t14?,16?,17?,18?,19?,20-;;/m0../s1. The number of esters is 1. The third kappa shape index (κ3) is 6.10. The van der Waals surface area contributed by atoms with E-state index in [0.29, 0.717) is 24.7 Å². The molecule has 0 aromatic rings. The quantitative estimate of drug-likeness (QED) is 0.0983. The minimum Gasteiger partial charge on any atom is -0.466 e. The molecule has 4 rings (SSSR count). The predicted octanol–water partition coefficient (Wildman–Crippen LogP) is 6.92. The van der Waals surface area contributed by atoms with Crippen molar-refractivity contribution in [2.45, 2.75) is 91.8 Å². The van der Waals surface area contributed by atoms with Gasteiger partial charge >= 0.3 is 11.9 Å². The molecule has 6 nitrogen and oxygen atoms in total. The van der Waals surface area contributed by atoms with Crippen molar-refractivity contribution in [2.24, 2.45) is 22.7 Å². The van der Waals surface area contributed by atoms with Crippen LogP contribution in [0.5, 0.6) is 0 Å². The fourth-order valence-electron chi connectivity index (χ4n) is 7.20. The molecule has 0 N–H and O–H groups in total. The molecule has 4 aliphatic rings. The first-order chi connectivity index (χ1) is 17.4. The smallest absolute Gasteiger partial charge is 0.315 e. The lowest BCUT2D eigenvalue weighted by molar-refractivity contribution is -0.145. The Morgan fingerprint density at radius 2 is 1.70 bits per heavy atom. The number of alkyl halides is 2. The summed E-state index contributed by atoms with van der Waals surface area (Å²) in [6.07, 6.45) is 20.0. The van der Waals surface area contributed by atoms with Crippen LogP contribution in [0, 0.1) is 35.5 Å². The van der Waals surface area contributed by atoms with Gasteiger partial charge in [0.1, 0.15) is 6.29 Å². The van der Waals surface area contributed by atoms with Crippen LogP contribution in [0.2, 0.25) is 0 Å². The molecule has 3 saturated carbocycles. The van der Waals surface area contributed by atoms with Gasteiger partial charge < -0.3 is 12.6 Å². The van der Waals surface area contributed by atoms with Gasteiger partial charge in [0.25, 0.3) is 0 Å². The van der Waals surface area contributed by atoms with Crippen LogP contribution in [-0.2, 0) is 27.0 Å². The van der Waals surface area contributed by atoms with Crippen molar-refractivity contribution >= 4 is 92.2 Å². The van der Waals surface area contributed by atoms with Gasteiger partial charge in [-0.05, 0) is 74.7 Å². The summed E-state index contributed by atoms with van der Waals surface area (Å²) in [5.74, 6) is 0.414. The summed E-state index contributed by atoms with van der Waals surface area (Å²) < 4.78 is 9.33. The van der Waals surface area contributed by atoms with Crippen LogP contribution in [0.1, 0.15) is 85.0 Å². The Bertz CT molecular complexity index is 947. The average Bonchev–Trinajstić information content (AvgIpc) is 3.16. The Morgan fingerprint density at radius 3 is 2.30 bits per heavy atom. The number of halogens is 3. The second-order valence-corrected chi connectivity index (χ2v) is 15.0. The molecule has 0 aromatic heterocycles. The Hall–Kier alpha value is -0.230. The van der Waals surface area contributed by atoms with Gasteiger partial charge in [-0.15, -0.1) is 12.8 Å². The number of allylic oxidation sites excluding steroid dienone is 1. The van der Waals surface area contributed by atoms with Crippen molar-refractivity contribution in [3.63, 3.8) is 0 Å². The summed E-state index contributed by atoms with van der Waals surface area (Å²) in [6, 6.07) is 0. The number of hydrogen-bond donors (Lipinski definition) is 0. The van der Waals surface area contributed by atoms with E-state index in [4.69, 9.17) is 0 Å². The number of fused-ring (bicyclic) bond motifs is 5. The predicted molar refractivity (Wildman–Crippen MR) is 169 cm³/mol. The van der Waals surface area contributed by atoms with Crippen molar-refractivity contribution in [1.29, 1.82) is 0 Å². The van der Waals surface area contributed by atoms with Crippen LogP contribution in [0.4, 0.5) is 0 Å². The highest BCUT2D eigenvalue weighted by molar-refractivity contribution is 14.1. The molecule has 0 spiro atoms. The lowest BCUT2D eigenvalue weighted by atomic mass is 9.47. The topological polar surface area (TPSA) is 86.7 Å². The number of ether oxygens (including phenoxy) is 1. The first-order valence-electron chi connectivity index (χ1n) is 12.8. The Balaban J connectivity index is 0.000000315. The molecule has 0 aromatic carbocycles. The number of carbonyl (C=O) groups excluding carboxylic acids is 4. The summed E-state index contributed by atoms with van der Waals surface area (Å²) in [7, 11) is 0. The molecular weight excluding hydrogens is 813 g/mol. The maximum Gasteiger partial charge on any atom is 0.315 e. The Kier molecular flexibility index (Phi) is 12.0. The average molecular weight is 850 g/mol. The van der Waals surface area contributed by atoms with Gasteiger partial charge in [-0.1, -0.05) is 64.6 Å². The first-order valence-corrected chi connectivity index (χ1v) is 15.8. The van der Waals surface area contributed by atoms with Gasteiger partial charge in [0.05, 0.1) is 19.4 Å². The lowest BCUT2D eigenvalue weighted by Gasteiger charge is -2.66. The minimum absolute atomic E-state index is 0.0851. The number of aldehydes is 1. The molecule has 0 aliphatic heterocycles. The number of carbonyl (C=O) groups is 4. The van der Waals surface area contributed by atoms with Crippen molar-refractivity contribution in [2.75, 3.05) is 6.61 Å². The van der Waals surface area contributed by atoms with Crippen LogP contribution in [0.15, 0.2) is 11.6 Å². The summed E-state index contributed by atoms with van der Waals surface area (Å²) in [4.78, 5) is 44.8. The SMILES string of the molecule is C#C.CC12CCC(=O)C=C1CCC1(I)C2CCC2(C)C(C=O)CC[C@]21I.CCOC(=O)CCC(=O)OI. The fraction of sp³-hybridized carbons (Fsp3) is 0.714. The minimum atomic E-state index is -0.404. The lowest BCUT2D eigenvalue weighted by Crippen LogP contribution is -2.66. The summed E-state index contributed by atoms with van der Waals surface area (Å²) in [6.45, 7) is 6.88. The number of hydrogen-bond acceptors (Lipinski definition) is 6.